The topological polar surface area (TPSA) is 106 Å². The van der Waals surface area contributed by atoms with Crippen LogP contribution in [0.25, 0.3) is 0 Å². The average Bonchev–Trinajstić information content (AvgIpc) is 2.92. The van der Waals surface area contributed by atoms with Crippen LogP contribution < -0.4 is 14.2 Å². The Bertz CT molecular complexity index is 1010. The van der Waals surface area contributed by atoms with Gasteiger partial charge in [0.25, 0.3) is 0 Å². The van der Waals surface area contributed by atoms with Gasteiger partial charge in [-0.2, -0.15) is 0 Å². The Hall–Kier alpha value is -2.94. The number of carbonyl (C=O) groups is 2. The Morgan fingerprint density at radius 3 is 2.15 bits per heavy atom. The SMILES string of the molecule is COc1cc2c(cc1OC)C(Oc1ccc(Cl)c(Cl)c1)CN(C)CC2.O=C(O)C=CC(=O)O. The predicted octanol–water partition coefficient (Wildman–Crippen LogP) is 4.33. The molecule has 0 fully saturated rings. The number of rotatable bonds is 6. The predicted molar refractivity (Wildman–Crippen MR) is 125 cm³/mol. The van der Waals surface area contributed by atoms with Crippen molar-refractivity contribution in [3.05, 3.63) is 63.7 Å². The molecule has 0 aliphatic carbocycles. The van der Waals surface area contributed by atoms with E-state index < -0.39 is 11.9 Å². The van der Waals surface area contributed by atoms with Crippen molar-refractivity contribution in [3.8, 4) is 17.2 Å². The largest absolute Gasteiger partial charge is 0.493 e. The molecule has 0 saturated heterocycles. The summed E-state index contributed by atoms with van der Waals surface area (Å²) in [5.74, 6) is -0.386. The summed E-state index contributed by atoms with van der Waals surface area (Å²) >= 11 is 12.1. The van der Waals surface area contributed by atoms with Gasteiger partial charge in [-0.25, -0.2) is 9.59 Å². The Labute approximate surface area is 201 Å². The smallest absolute Gasteiger partial charge is 0.328 e. The van der Waals surface area contributed by atoms with Crippen molar-refractivity contribution >= 4 is 35.1 Å². The molecule has 0 spiro atoms. The van der Waals surface area contributed by atoms with Gasteiger partial charge in [-0.15, -0.1) is 0 Å². The minimum absolute atomic E-state index is 0.139. The van der Waals surface area contributed by atoms with Crippen molar-refractivity contribution in [2.75, 3.05) is 34.4 Å². The molecule has 0 aromatic heterocycles. The molecule has 2 aromatic carbocycles. The number of fused-ring (bicyclic) bond motifs is 1. The normalized spacial score (nSPS) is 15.6. The summed E-state index contributed by atoms with van der Waals surface area (Å²) in [7, 11) is 5.38. The van der Waals surface area contributed by atoms with E-state index in [0.29, 0.717) is 33.7 Å². The van der Waals surface area contributed by atoms with Crippen molar-refractivity contribution in [1.82, 2.24) is 4.90 Å². The number of aliphatic carboxylic acids is 2. The highest BCUT2D eigenvalue weighted by Gasteiger charge is 2.25. The standard InChI is InChI=1S/C19H21Cl2NO3.C4H4O4/c1-22-7-6-12-8-17(23-2)18(24-3)10-14(12)19(11-22)25-13-4-5-15(20)16(21)9-13;5-3(6)1-2-4(7)8/h4-5,8-10,19H,6-7,11H2,1-3H3;1-2H,(H,5,6)(H,7,8). The molecular formula is C23H25Cl2NO7. The third-order valence-corrected chi connectivity index (χ3v) is 5.51. The van der Waals surface area contributed by atoms with Crippen LogP contribution in [-0.2, 0) is 16.0 Å². The Morgan fingerprint density at radius 1 is 1.00 bits per heavy atom. The lowest BCUT2D eigenvalue weighted by Crippen LogP contribution is -2.26. The number of benzene rings is 2. The fraction of sp³-hybridized carbons (Fsp3) is 0.304. The van der Waals surface area contributed by atoms with E-state index in [9.17, 15) is 9.59 Å². The zero-order chi connectivity index (χ0) is 24.5. The van der Waals surface area contributed by atoms with E-state index in [-0.39, 0.29) is 6.10 Å². The van der Waals surface area contributed by atoms with Crippen molar-refractivity contribution in [2.24, 2.45) is 0 Å². The molecule has 1 heterocycles. The summed E-state index contributed by atoms with van der Waals surface area (Å²) in [6, 6.07) is 9.37. The van der Waals surface area contributed by atoms with Gasteiger partial charge in [0, 0.05) is 36.9 Å². The van der Waals surface area contributed by atoms with Crippen molar-refractivity contribution in [1.29, 1.82) is 0 Å². The Balaban J connectivity index is 0.000000414. The fourth-order valence-electron chi connectivity index (χ4n) is 3.19. The van der Waals surface area contributed by atoms with Gasteiger partial charge in [0.05, 0.1) is 24.3 Å². The maximum atomic E-state index is 9.55. The van der Waals surface area contributed by atoms with Crippen LogP contribution in [-0.4, -0.2) is 61.4 Å². The van der Waals surface area contributed by atoms with Gasteiger partial charge in [0.15, 0.2) is 11.5 Å². The summed E-state index contributed by atoms with van der Waals surface area (Å²) in [5.41, 5.74) is 2.31. The summed E-state index contributed by atoms with van der Waals surface area (Å²) < 4.78 is 17.2. The molecule has 1 unspecified atom stereocenters. The third-order valence-electron chi connectivity index (χ3n) is 4.77. The molecule has 1 atom stereocenters. The lowest BCUT2D eigenvalue weighted by Gasteiger charge is -2.24. The second kappa shape index (κ2) is 12.3. The quantitative estimate of drug-likeness (QED) is 0.568. The number of nitrogens with zero attached hydrogens (tertiary/aromatic N) is 1. The molecular weight excluding hydrogens is 473 g/mol. The third kappa shape index (κ3) is 7.85. The van der Waals surface area contributed by atoms with Crippen LogP contribution in [0.3, 0.4) is 0 Å². The molecule has 178 valence electrons. The first-order chi connectivity index (χ1) is 15.6. The summed E-state index contributed by atoms with van der Waals surface area (Å²) in [6.07, 6.45) is 1.90. The summed E-state index contributed by atoms with van der Waals surface area (Å²) in [4.78, 5) is 21.4. The van der Waals surface area contributed by atoms with Crippen LogP contribution in [0, 0.1) is 0 Å². The molecule has 8 nitrogen and oxygen atoms in total. The first-order valence-electron chi connectivity index (χ1n) is 9.83. The van der Waals surface area contributed by atoms with Crippen molar-refractivity contribution in [3.63, 3.8) is 0 Å². The van der Waals surface area contributed by atoms with Crippen LogP contribution in [0.15, 0.2) is 42.5 Å². The van der Waals surface area contributed by atoms with E-state index >= 15 is 0 Å². The number of likely N-dealkylation sites (N-methyl/N-ethyl adjacent to an activating group) is 1. The van der Waals surface area contributed by atoms with E-state index in [4.69, 9.17) is 47.6 Å². The number of ether oxygens (including phenoxy) is 3. The van der Waals surface area contributed by atoms with Gasteiger partial charge in [-0.3, -0.25) is 0 Å². The number of halogens is 2. The second-order valence-electron chi connectivity index (χ2n) is 7.11. The van der Waals surface area contributed by atoms with Crippen molar-refractivity contribution in [2.45, 2.75) is 12.5 Å². The molecule has 3 rings (SSSR count). The molecule has 0 bridgehead atoms. The van der Waals surface area contributed by atoms with Gasteiger partial charge in [0.1, 0.15) is 11.9 Å². The molecule has 0 radical (unpaired) electrons. The van der Waals surface area contributed by atoms with E-state index in [2.05, 4.69) is 11.9 Å². The molecule has 1 aliphatic rings. The van der Waals surface area contributed by atoms with Crippen LogP contribution in [0.1, 0.15) is 17.2 Å². The maximum Gasteiger partial charge on any atom is 0.328 e. The summed E-state index contributed by atoms with van der Waals surface area (Å²) in [5, 5.41) is 16.6. The molecule has 10 heteroatoms. The first-order valence-corrected chi connectivity index (χ1v) is 10.6. The molecule has 2 N–H and O–H groups in total. The molecule has 0 saturated carbocycles. The van der Waals surface area contributed by atoms with E-state index in [1.807, 2.05) is 18.2 Å². The van der Waals surface area contributed by atoms with Gasteiger partial charge >= 0.3 is 11.9 Å². The monoisotopic (exact) mass is 497 g/mol. The highest BCUT2D eigenvalue weighted by atomic mass is 35.5. The number of carboxylic acid groups (broad SMARTS) is 2. The van der Waals surface area contributed by atoms with Crippen LogP contribution >= 0.6 is 23.2 Å². The maximum absolute atomic E-state index is 9.55. The second-order valence-corrected chi connectivity index (χ2v) is 7.92. The van der Waals surface area contributed by atoms with Crippen LogP contribution in [0.2, 0.25) is 10.0 Å². The van der Waals surface area contributed by atoms with Gasteiger partial charge in [-0.05, 0) is 43.3 Å². The first kappa shape index (κ1) is 26.3. The highest BCUT2D eigenvalue weighted by Crippen LogP contribution is 2.37. The van der Waals surface area contributed by atoms with Crippen LogP contribution in [0.5, 0.6) is 17.2 Å². The van der Waals surface area contributed by atoms with Gasteiger partial charge in [-0.1, -0.05) is 23.2 Å². The van der Waals surface area contributed by atoms with E-state index in [1.165, 1.54) is 5.56 Å². The summed E-state index contributed by atoms with van der Waals surface area (Å²) in [6.45, 7) is 1.71. The molecule has 1 aliphatic heterocycles. The Morgan fingerprint density at radius 2 is 1.61 bits per heavy atom. The number of hydrogen-bond donors (Lipinski definition) is 2. The lowest BCUT2D eigenvalue weighted by atomic mass is 10.00. The van der Waals surface area contributed by atoms with Gasteiger partial charge < -0.3 is 29.3 Å². The average molecular weight is 498 g/mol. The lowest BCUT2D eigenvalue weighted by molar-refractivity contribution is -0.134. The van der Waals surface area contributed by atoms with Crippen molar-refractivity contribution < 1.29 is 34.0 Å². The minimum Gasteiger partial charge on any atom is -0.493 e. The number of methoxy groups -OCH3 is 2. The zero-order valence-corrected chi connectivity index (χ0v) is 19.9. The Kier molecular flexibility index (Phi) is 9.84. The molecule has 33 heavy (non-hydrogen) atoms. The number of carboxylic acids is 2. The van der Waals surface area contributed by atoms with Gasteiger partial charge in [0.2, 0.25) is 0 Å². The number of hydrogen-bond acceptors (Lipinski definition) is 6. The highest BCUT2D eigenvalue weighted by molar-refractivity contribution is 6.42. The van der Waals surface area contributed by atoms with E-state index in [1.54, 1.807) is 26.4 Å². The van der Waals surface area contributed by atoms with Crippen LogP contribution in [0.4, 0.5) is 0 Å². The minimum atomic E-state index is -1.26. The fourth-order valence-corrected chi connectivity index (χ4v) is 3.48. The zero-order valence-electron chi connectivity index (χ0n) is 18.4. The molecule has 0 amide bonds. The molecule has 2 aromatic rings. The van der Waals surface area contributed by atoms with E-state index in [0.717, 1.165) is 30.8 Å².